The number of carbonyl (C=O) groups is 2. The number of rotatable bonds is 6. The molecule has 2 aromatic heterocycles. The van der Waals surface area contributed by atoms with E-state index in [1.807, 2.05) is 31.2 Å². The third kappa shape index (κ3) is 3.74. The summed E-state index contributed by atoms with van der Waals surface area (Å²) in [6.07, 6.45) is 1.44. The molecule has 2 aromatic carbocycles. The lowest BCUT2D eigenvalue weighted by Gasteiger charge is -2.07. The number of ether oxygens (including phenoxy) is 1. The molecule has 0 aliphatic rings. The summed E-state index contributed by atoms with van der Waals surface area (Å²) in [5, 5.41) is 11.4. The fraction of sp³-hybridized carbons (Fsp3) is 0.125. The highest BCUT2D eigenvalue weighted by molar-refractivity contribution is 6.13. The quantitative estimate of drug-likeness (QED) is 0.192. The second-order valence-corrected chi connectivity index (χ2v) is 7.17. The number of carbonyl (C=O) groups excluding carboxylic acids is 2. The smallest absolute Gasteiger partial charge is 0.340 e. The number of hydrogen-bond acceptors (Lipinski definition) is 6. The molecule has 0 unspecified atom stereocenters. The van der Waals surface area contributed by atoms with E-state index in [2.05, 4.69) is 4.98 Å². The maximum absolute atomic E-state index is 13.3. The van der Waals surface area contributed by atoms with E-state index in [1.165, 1.54) is 35.0 Å². The summed E-state index contributed by atoms with van der Waals surface area (Å²) in [6.45, 7) is 3.82. The minimum Gasteiger partial charge on any atom is -0.462 e. The Labute approximate surface area is 183 Å². The molecule has 4 rings (SSSR count). The lowest BCUT2D eigenvalue weighted by Crippen LogP contribution is -2.08. The van der Waals surface area contributed by atoms with Crippen molar-refractivity contribution in [3.8, 4) is 11.3 Å². The van der Waals surface area contributed by atoms with E-state index >= 15 is 0 Å². The van der Waals surface area contributed by atoms with Crippen LogP contribution in [0.15, 0.2) is 67.0 Å². The van der Waals surface area contributed by atoms with Gasteiger partial charge >= 0.3 is 5.97 Å². The lowest BCUT2D eigenvalue weighted by molar-refractivity contribution is -0.385. The summed E-state index contributed by atoms with van der Waals surface area (Å²) in [5.74, 6) is -1.18. The lowest BCUT2D eigenvalue weighted by atomic mass is 10.1. The molecule has 0 aliphatic heterocycles. The molecular weight excluding hydrogens is 410 g/mol. The normalized spacial score (nSPS) is 10.8. The van der Waals surface area contributed by atoms with Crippen LogP contribution in [-0.2, 0) is 4.74 Å². The number of esters is 1. The SMILES string of the molecule is CCOC(=O)c1cc(C(=O)c2ccccc2[N+](=O)[O-])n2cnc(-c3cccc(C)c3)cc12. The maximum atomic E-state index is 13.3. The summed E-state index contributed by atoms with van der Waals surface area (Å²) in [5.41, 5.74) is 2.84. The van der Waals surface area contributed by atoms with Gasteiger partial charge in [0.2, 0.25) is 5.78 Å². The second-order valence-electron chi connectivity index (χ2n) is 7.17. The first-order valence-corrected chi connectivity index (χ1v) is 9.94. The Morgan fingerprint density at radius 3 is 2.56 bits per heavy atom. The van der Waals surface area contributed by atoms with Crippen LogP contribution in [0.5, 0.6) is 0 Å². The summed E-state index contributed by atoms with van der Waals surface area (Å²) < 4.78 is 6.63. The molecule has 0 atom stereocenters. The van der Waals surface area contributed by atoms with Crippen LogP contribution in [0, 0.1) is 17.0 Å². The van der Waals surface area contributed by atoms with Crippen LogP contribution in [0.25, 0.3) is 16.8 Å². The summed E-state index contributed by atoms with van der Waals surface area (Å²) in [7, 11) is 0. The van der Waals surface area contributed by atoms with Crippen LogP contribution >= 0.6 is 0 Å². The minimum atomic E-state index is -0.608. The zero-order valence-corrected chi connectivity index (χ0v) is 17.4. The summed E-state index contributed by atoms with van der Waals surface area (Å²) in [6, 6.07) is 16.5. The zero-order chi connectivity index (χ0) is 22.8. The molecule has 0 saturated heterocycles. The summed E-state index contributed by atoms with van der Waals surface area (Å²) in [4.78, 5) is 41.2. The Balaban J connectivity index is 1.92. The van der Waals surface area contributed by atoms with Gasteiger partial charge in [-0.25, -0.2) is 9.78 Å². The monoisotopic (exact) mass is 429 g/mol. The van der Waals surface area contributed by atoms with Crippen molar-refractivity contribution in [2.24, 2.45) is 0 Å². The van der Waals surface area contributed by atoms with Crippen molar-refractivity contribution >= 4 is 23.0 Å². The molecule has 0 spiro atoms. The van der Waals surface area contributed by atoms with Crippen LogP contribution in [0.1, 0.15) is 38.9 Å². The van der Waals surface area contributed by atoms with Crippen LogP contribution in [-0.4, -0.2) is 32.7 Å². The van der Waals surface area contributed by atoms with E-state index in [1.54, 1.807) is 19.1 Å². The Hall–Kier alpha value is -4.33. The fourth-order valence-electron chi connectivity index (χ4n) is 3.57. The number of nitro groups is 1. The average Bonchev–Trinajstić information content (AvgIpc) is 3.17. The van der Waals surface area contributed by atoms with Gasteiger partial charge in [0.1, 0.15) is 11.9 Å². The van der Waals surface area contributed by atoms with Crippen molar-refractivity contribution in [2.45, 2.75) is 13.8 Å². The molecule has 160 valence electrons. The predicted molar refractivity (Wildman–Crippen MR) is 118 cm³/mol. The highest BCUT2D eigenvalue weighted by atomic mass is 16.6. The number of para-hydroxylation sites is 1. The molecule has 4 aromatic rings. The fourth-order valence-corrected chi connectivity index (χ4v) is 3.57. The van der Waals surface area contributed by atoms with E-state index in [4.69, 9.17) is 4.74 Å². The number of aromatic nitrogens is 2. The number of aryl methyl sites for hydroxylation is 1. The van der Waals surface area contributed by atoms with E-state index in [0.717, 1.165) is 11.1 Å². The van der Waals surface area contributed by atoms with Crippen molar-refractivity contribution in [3.63, 3.8) is 0 Å². The third-order valence-electron chi connectivity index (χ3n) is 5.05. The first kappa shape index (κ1) is 20.9. The van der Waals surface area contributed by atoms with Crippen LogP contribution in [0.4, 0.5) is 5.69 Å². The molecule has 8 nitrogen and oxygen atoms in total. The van der Waals surface area contributed by atoms with Gasteiger partial charge in [-0.05, 0) is 38.1 Å². The predicted octanol–water partition coefficient (Wildman–Crippen LogP) is 4.63. The zero-order valence-electron chi connectivity index (χ0n) is 17.4. The number of nitro benzene ring substituents is 1. The number of nitrogens with zero attached hydrogens (tertiary/aromatic N) is 3. The van der Waals surface area contributed by atoms with Gasteiger partial charge in [-0.15, -0.1) is 0 Å². The van der Waals surface area contributed by atoms with Crippen molar-refractivity contribution in [1.82, 2.24) is 9.38 Å². The highest BCUT2D eigenvalue weighted by Gasteiger charge is 2.26. The van der Waals surface area contributed by atoms with Crippen LogP contribution in [0.2, 0.25) is 0 Å². The first-order valence-electron chi connectivity index (χ1n) is 9.94. The molecular formula is C24H19N3O5. The van der Waals surface area contributed by atoms with Gasteiger partial charge in [-0.2, -0.15) is 0 Å². The largest absolute Gasteiger partial charge is 0.462 e. The Kier molecular flexibility index (Phi) is 5.51. The maximum Gasteiger partial charge on any atom is 0.340 e. The minimum absolute atomic E-state index is 0.0740. The van der Waals surface area contributed by atoms with Gasteiger partial charge in [-0.3, -0.25) is 19.3 Å². The number of ketones is 1. The molecule has 0 fully saturated rings. The number of benzene rings is 2. The summed E-state index contributed by atoms with van der Waals surface area (Å²) >= 11 is 0. The van der Waals surface area contributed by atoms with Gasteiger partial charge in [0, 0.05) is 11.6 Å². The van der Waals surface area contributed by atoms with Gasteiger partial charge < -0.3 is 4.74 Å². The Bertz CT molecular complexity index is 1370. The molecule has 0 aliphatic carbocycles. The van der Waals surface area contributed by atoms with E-state index in [-0.39, 0.29) is 29.1 Å². The molecule has 0 radical (unpaired) electrons. The van der Waals surface area contributed by atoms with E-state index in [9.17, 15) is 19.7 Å². The molecule has 0 N–H and O–H groups in total. The highest BCUT2D eigenvalue weighted by Crippen LogP contribution is 2.27. The molecule has 0 amide bonds. The second kappa shape index (κ2) is 8.43. The topological polar surface area (TPSA) is 104 Å². The molecule has 0 bridgehead atoms. The van der Waals surface area contributed by atoms with Gasteiger partial charge in [0.15, 0.2) is 0 Å². The van der Waals surface area contributed by atoms with Gasteiger partial charge in [-0.1, -0.05) is 35.9 Å². The van der Waals surface area contributed by atoms with Gasteiger partial charge in [0.25, 0.3) is 5.69 Å². The van der Waals surface area contributed by atoms with Crippen molar-refractivity contribution in [3.05, 3.63) is 99.5 Å². The van der Waals surface area contributed by atoms with E-state index < -0.39 is 16.7 Å². The molecule has 8 heteroatoms. The van der Waals surface area contributed by atoms with Crippen molar-refractivity contribution < 1.29 is 19.2 Å². The standard InChI is InChI=1S/C24H19N3O5/c1-3-32-24(29)18-12-22(23(28)17-9-4-5-10-20(17)27(30)31)26-14-25-19(13-21(18)26)16-8-6-7-15(2)11-16/h4-14H,3H2,1-2H3. The Morgan fingerprint density at radius 2 is 1.84 bits per heavy atom. The van der Waals surface area contributed by atoms with Crippen molar-refractivity contribution in [2.75, 3.05) is 6.61 Å². The van der Waals surface area contributed by atoms with Gasteiger partial charge in [0.05, 0.1) is 34.0 Å². The number of hydrogen-bond donors (Lipinski definition) is 0. The Morgan fingerprint density at radius 1 is 1.06 bits per heavy atom. The molecule has 2 heterocycles. The molecule has 32 heavy (non-hydrogen) atoms. The third-order valence-corrected chi connectivity index (χ3v) is 5.05. The molecule has 0 saturated carbocycles. The van der Waals surface area contributed by atoms with E-state index in [0.29, 0.717) is 11.2 Å². The van der Waals surface area contributed by atoms with Crippen LogP contribution in [0.3, 0.4) is 0 Å². The number of fused-ring (bicyclic) bond motifs is 1. The first-order chi connectivity index (χ1) is 15.4. The average molecular weight is 429 g/mol. The van der Waals surface area contributed by atoms with Crippen molar-refractivity contribution in [1.29, 1.82) is 0 Å². The van der Waals surface area contributed by atoms with Crippen LogP contribution < -0.4 is 0 Å².